The molecule has 8 aromatic carbocycles. The highest BCUT2D eigenvalue weighted by molar-refractivity contribution is 6.28. The molecule has 0 radical (unpaired) electrons. The molecule has 0 saturated heterocycles. The van der Waals surface area contributed by atoms with Crippen molar-refractivity contribution < 1.29 is 47.7 Å². The summed E-state index contributed by atoms with van der Waals surface area (Å²) < 4.78 is 24.8. The minimum atomic E-state index is -0.708. The van der Waals surface area contributed by atoms with Gasteiger partial charge < -0.3 is 18.9 Å². The monoisotopic (exact) mass is 1030 g/mol. The van der Waals surface area contributed by atoms with Crippen molar-refractivity contribution in [2.45, 2.75) is 51.7 Å². The van der Waals surface area contributed by atoms with Crippen LogP contribution in [0, 0.1) is 0 Å². The second-order valence-electron chi connectivity index (χ2n) is 19.8. The van der Waals surface area contributed by atoms with Crippen LogP contribution >= 0.6 is 0 Å². The van der Waals surface area contributed by atoms with E-state index < -0.39 is 17.4 Å². The van der Waals surface area contributed by atoms with Gasteiger partial charge in [-0.3, -0.25) is 28.8 Å². The zero-order valence-corrected chi connectivity index (χ0v) is 43.3. The van der Waals surface area contributed by atoms with Crippen molar-refractivity contribution in [2.24, 2.45) is 0 Å². The van der Waals surface area contributed by atoms with Crippen LogP contribution in [0.2, 0.25) is 0 Å². The molecular formula is C66H52N2O10. The first-order chi connectivity index (χ1) is 37.5. The van der Waals surface area contributed by atoms with E-state index in [1.165, 1.54) is 24.3 Å². The zero-order valence-electron chi connectivity index (χ0n) is 43.3. The van der Waals surface area contributed by atoms with Gasteiger partial charge in [0.1, 0.15) is 46.2 Å². The molecule has 2 aliphatic heterocycles. The third-order valence-electron chi connectivity index (χ3n) is 13.8. The molecule has 1 atom stereocenters. The summed E-state index contributed by atoms with van der Waals surface area (Å²) in [7, 11) is 0. The van der Waals surface area contributed by atoms with Crippen LogP contribution in [0.25, 0.3) is 0 Å². The molecule has 0 spiro atoms. The third kappa shape index (κ3) is 11.1. The summed E-state index contributed by atoms with van der Waals surface area (Å²) in [6.07, 6.45) is 4.63. The summed E-state index contributed by atoms with van der Waals surface area (Å²) in [5.41, 5.74) is 5.93. The van der Waals surface area contributed by atoms with Crippen LogP contribution in [0.4, 0.5) is 11.4 Å². The molecule has 12 nitrogen and oxygen atoms in total. The molecule has 2 heterocycles. The largest absolute Gasteiger partial charge is 0.486 e. The summed E-state index contributed by atoms with van der Waals surface area (Å²) in [5.74, 6) is 1.77. The maximum absolute atomic E-state index is 13.5. The Morgan fingerprint density at radius 2 is 0.667 bits per heavy atom. The van der Waals surface area contributed by atoms with Gasteiger partial charge in [-0.1, -0.05) is 86.6 Å². The zero-order chi connectivity index (χ0) is 54.7. The van der Waals surface area contributed by atoms with Gasteiger partial charge in [0, 0.05) is 52.0 Å². The average Bonchev–Trinajstić information content (AvgIpc) is 4.00. The molecule has 0 fully saturated rings. The van der Waals surface area contributed by atoms with E-state index in [-0.39, 0.29) is 34.9 Å². The number of imide groups is 2. The summed E-state index contributed by atoms with van der Waals surface area (Å²) in [6, 6.07) is 58.1. The van der Waals surface area contributed by atoms with Gasteiger partial charge in [0.2, 0.25) is 0 Å². The molecule has 4 amide bonds. The average molecular weight is 1030 g/mol. The lowest BCUT2D eigenvalue weighted by Gasteiger charge is -2.29. The van der Waals surface area contributed by atoms with E-state index in [9.17, 15) is 28.8 Å². The molecule has 0 N–H and O–H groups in total. The first-order valence-corrected chi connectivity index (χ1v) is 25.2. The van der Waals surface area contributed by atoms with Crippen LogP contribution in [-0.2, 0) is 30.2 Å². The van der Waals surface area contributed by atoms with E-state index in [1.54, 1.807) is 121 Å². The van der Waals surface area contributed by atoms with Crippen molar-refractivity contribution in [3.05, 3.63) is 263 Å². The molecule has 0 aromatic heterocycles. The smallest absolute Gasteiger partial charge is 0.258 e. The van der Waals surface area contributed by atoms with E-state index in [0.29, 0.717) is 68.1 Å². The van der Waals surface area contributed by atoms with Gasteiger partial charge in [0.15, 0.2) is 11.6 Å². The van der Waals surface area contributed by atoms with Crippen molar-refractivity contribution in [2.75, 3.05) is 9.80 Å². The molecule has 10 rings (SSSR count). The molecule has 0 saturated carbocycles. The highest BCUT2D eigenvalue weighted by atomic mass is 16.5. The molecule has 78 heavy (non-hydrogen) atoms. The minimum Gasteiger partial charge on any atom is -0.486 e. The summed E-state index contributed by atoms with van der Waals surface area (Å²) in [4.78, 5) is 77.1. The topological polar surface area (TPSA) is 146 Å². The van der Waals surface area contributed by atoms with E-state index in [2.05, 4.69) is 38.1 Å². The quantitative estimate of drug-likeness (QED) is 0.0601. The van der Waals surface area contributed by atoms with Crippen LogP contribution < -0.4 is 28.7 Å². The van der Waals surface area contributed by atoms with E-state index >= 15 is 0 Å². The lowest BCUT2D eigenvalue weighted by molar-refractivity contribution is -0.121. The second kappa shape index (κ2) is 21.4. The third-order valence-corrected chi connectivity index (χ3v) is 13.8. The number of anilines is 2. The molecule has 0 bridgehead atoms. The molecule has 0 aliphatic carbocycles. The number of benzene rings is 8. The molecule has 1 unspecified atom stereocenters. The number of ketones is 2. The lowest BCUT2D eigenvalue weighted by atomic mass is 9.78. The van der Waals surface area contributed by atoms with E-state index in [1.807, 2.05) is 69.3 Å². The predicted molar refractivity (Wildman–Crippen MR) is 297 cm³/mol. The molecule has 2 aliphatic rings. The van der Waals surface area contributed by atoms with Gasteiger partial charge in [0.25, 0.3) is 23.6 Å². The Morgan fingerprint density at radius 1 is 0.372 bits per heavy atom. The highest BCUT2D eigenvalue weighted by Crippen LogP contribution is 2.37. The normalized spacial score (nSPS) is 13.7. The van der Waals surface area contributed by atoms with Crippen molar-refractivity contribution >= 4 is 46.6 Å². The van der Waals surface area contributed by atoms with E-state index in [0.717, 1.165) is 32.1 Å². The highest BCUT2D eigenvalue weighted by Gasteiger charge is 2.28. The van der Waals surface area contributed by atoms with Crippen molar-refractivity contribution in [1.82, 2.24) is 0 Å². The van der Waals surface area contributed by atoms with Crippen LogP contribution in [0.3, 0.4) is 0 Å². The number of carbonyl (C=O) groups excluding carboxylic acids is 6. The fourth-order valence-corrected chi connectivity index (χ4v) is 9.20. The Bertz CT molecular complexity index is 3600. The first kappa shape index (κ1) is 51.5. The Kier molecular flexibility index (Phi) is 14.1. The molecule has 12 heteroatoms. The van der Waals surface area contributed by atoms with E-state index in [4.69, 9.17) is 18.9 Å². The molecular weight excluding hydrogens is 981 g/mol. The SMILES string of the molecule is CC(Oc1ccc(N2C(=O)C=CC2=O)cc1)c1ccc(C(=O)c2ccc(Oc3ccc(C(C)(C)c4ccc(OC(C)(C)c5ccc(C(=O)c6ccc(Oc7ccc(N8C(=O)C=CC8=O)cc7)cc6)cc5)cc4)cc3)cc2)cc1. The van der Waals surface area contributed by atoms with Crippen LogP contribution in [0.15, 0.2) is 218 Å². The predicted octanol–water partition coefficient (Wildman–Crippen LogP) is 13.4. The standard InChI is InChI=1S/C66H52N2O10/c1-42(75-53-34-22-51(23-35-53)67-59(69)38-39-60(67)70)43-6-8-44(9-7-43)63(73)46-12-26-54(27-13-46)76-56-30-18-48(19-31-56)65(2,3)49-20-32-58(33-21-49)78-66(4,5)50-16-10-45(11-17-50)64(74)47-14-28-55(29-15-47)77-57-36-24-52(25-37-57)68-61(71)40-41-62(68)72/h6-42H,1-5H3. The number of carbonyl (C=O) groups is 6. The molecule has 386 valence electrons. The second-order valence-corrected chi connectivity index (χ2v) is 19.8. The molecule has 8 aromatic rings. The van der Waals surface area contributed by atoms with Gasteiger partial charge in [-0.15, -0.1) is 0 Å². The number of nitrogens with zero attached hydrogens (tertiary/aromatic N) is 2. The number of ether oxygens (including phenoxy) is 4. The van der Waals surface area contributed by atoms with Crippen LogP contribution in [-0.4, -0.2) is 35.2 Å². The summed E-state index contributed by atoms with van der Waals surface area (Å²) >= 11 is 0. The fraction of sp³-hybridized carbons (Fsp3) is 0.121. The van der Waals surface area contributed by atoms with Gasteiger partial charge in [-0.05, 0) is 164 Å². The number of hydrogen-bond donors (Lipinski definition) is 0. The fourth-order valence-electron chi connectivity index (χ4n) is 9.20. The number of hydrogen-bond acceptors (Lipinski definition) is 10. The number of amides is 4. The Balaban J connectivity index is 0.691. The van der Waals surface area contributed by atoms with Gasteiger partial charge >= 0.3 is 0 Å². The van der Waals surface area contributed by atoms with Crippen LogP contribution in [0.5, 0.6) is 34.5 Å². The van der Waals surface area contributed by atoms with Gasteiger partial charge in [0.05, 0.1) is 11.4 Å². The lowest BCUT2D eigenvalue weighted by Crippen LogP contribution is -2.29. The van der Waals surface area contributed by atoms with Gasteiger partial charge in [-0.25, -0.2) is 9.80 Å². The number of rotatable bonds is 18. The Morgan fingerprint density at radius 3 is 1.05 bits per heavy atom. The minimum absolute atomic E-state index is 0.124. The summed E-state index contributed by atoms with van der Waals surface area (Å²) in [6.45, 7) is 10.2. The van der Waals surface area contributed by atoms with Crippen molar-refractivity contribution in [3.63, 3.8) is 0 Å². The Labute approximate surface area is 451 Å². The van der Waals surface area contributed by atoms with Gasteiger partial charge in [-0.2, -0.15) is 0 Å². The van der Waals surface area contributed by atoms with Crippen molar-refractivity contribution in [3.8, 4) is 34.5 Å². The van der Waals surface area contributed by atoms with Crippen molar-refractivity contribution in [1.29, 1.82) is 0 Å². The summed E-state index contributed by atoms with van der Waals surface area (Å²) in [5, 5.41) is 0. The maximum atomic E-state index is 13.5. The maximum Gasteiger partial charge on any atom is 0.258 e. The first-order valence-electron chi connectivity index (χ1n) is 25.2. The van der Waals surface area contributed by atoms with Crippen LogP contribution in [0.1, 0.15) is 94.8 Å². The Hall–Kier alpha value is -9.94.